The number of nitrogens with zero attached hydrogens (tertiary/aromatic N) is 4. The summed E-state index contributed by atoms with van der Waals surface area (Å²) in [7, 11) is -12.6. The number of sulfonamides is 2. The fourth-order valence-electron chi connectivity index (χ4n) is 6.94. The monoisotopic (exact) mass is 712 g/mol. The third-order valence-electron chi connectivity index (χ3n) is 8.68. The summed E-state index contributed by atoms with van der Waals surface area (Å²) >= 11 is 0. The van der Waals surface area contributed by atoms with Crippen molar-refractivity contribution >= 4 is 39.3 Å². The quantitative estimate of drug-likeness (QED) is 0.0971. The summed E-state index contributed by atoms with van der Waals surface area (Å²) in [6.07, 6.45) is 1.84. The van der Waals surface area contributed by atoms with Crippen molar-refractivity contribution < 1.29 is 45.8 Å². The molecular formula is C30H41N4O10PS2. The molecule has 2 fully saturated rings. The van der Waals surface area contributed by atoms with Gasteiger partial charge in [-0.05, 0) is 60.3 Å². The van der Waals surface area contributed by atoms with Crippen LogP contribution in [0.2, 0.25) is 0 Å². The second kappa shape index (κ2) is 13.7. The fraction of sp³-hybridized carbons (Fsp3) is 0.533. The van der Waals surface area contributed by atoms with Crippen molar-refractivity contribution in [3.8, 4) is 0 Å². The molecule has 0 saturated carbocycles. The third-order valence-corrected chi connectivity index (χ3v) is 12.7. The van der Waals surface area contributed by atoms with E-state index in [4.69, 9.17) is 14.6 Å². The zero-order valence-corrected chi connectivity index (χ0v) is 29.2. The minimum Gasteiger partial charge on any atom is -0.410 e. The molecule has 1 aliphatic carbocycles. The zero-order chi connectivity index (χ0) is 34.3. The number of phosphoric ester groups is 1. The van der Waals surface area contributed by atoms with Gasteiger partial charge >= 0.3 is 7.82 Å². The van der Waals surface area contributed by atoms with Crippen molar-refractivity contribution in [3.63, 3.8) is 0 Å². The average molecular weight is 713 g/mol. The van der Waals surface area contributed by atoms with Gasteiger partial charge in [0.2, 0.25) is 26.8 Å². The minimum atomic E-state index is -4.90. The standard InChI is InChI=1S/C30H41N4O10PS2/c1-19-9-20(2)14-33(13-19)46(39,40)17-23-5-7-25-27(11-23)30(32-43-18-44-45(36,37)38)28-12-24(6-8-26(28)29(25)31-35)47(41,42)34-15-21(3)10-22(4)16-34/h5-8,11-12,19-22,35H,9-10,13-18H2,1-4H3,(H2,36,37,38)/b31-29-,32-30+. The first-order valence-electron chi connectivity index (χ1n) is 15.4. The van der Waals surface area contributed by atoms with E-state index in [9.17, 15) is 26.6 Å². The largest absolute Gasteiger partial charge is 0.472 e. The zero-order valence-electron chi connectivity index (χ0n) is 26.7. The van der Waals surface area contributed by atoms with E-state index in [-0.39, 0.29) is 56.9 Å². The van der Waals surface area contributed by atoms with Crippen molar-refractivity contribution in [1.82, 2.24) is 8.61 Å². The van der Waals surface area contributed by atoms with Gasteiger partial charge in [-0.25, -0.2) is 30.2 Å². The Morgan fingerprint density at radius 2 is 1.32 bits per heavy atom. The summed E-state index contributed by atoms with van der Waals surface area (Å²) in [5, 5.41) is 17.7. The molecule has 47 heavy (non-hydrogen) atoms. The van der Waals surface area contributed by atoms with E-state index in [0.29, 0.717) is 42.9 Å². The fourth-order valence-corrected chi connectivity index (χ4v) is 10.6. The molecule has 3 N–H and O–H groups in total. The van der Waals surface area contributed by atoms with E-state index in [0.717, 1.165) is 12.8 Å². The molecule has 3 aliphatic rings. The molecule has 0 radical (unpaired) electrons. The summed E-state index contributed by atoms with van der Waals surface area (Å²) in [4.78, 5) is 23.3. The number of hydrogen-bond acceptors (Lipinski definition) is 10. The molecule has 4 atom stereocenters. The Labute approximate surface area is 275 Å². The van der Waals surface area contributed by atoms with Gasteiger partial charge < -0.3 is 19.8 Å². The predicted molar refractivity (Wildman–Crippen MR) is 174 cm³/mol. The first-order valence-corrected chi connectivity index (χ1v) is 19.9. The third kappa shape index (κ3) is 7.97. The summed E-state index contributed by atoms with van der Waals surface area (Å²) in [6, 6.07) is 9.05. The Bertz CT molecular complexity index is 1820. The first kappa shape index (κ1) is 35.6. The maximum absolute atomic E-state index is 13.8. The molecule has 0 aromatic heterocycles. The molecule has 258 valence electrons. The van der Waals surface area contributed by atoms with Gasteiger partial charge in [0.25, 0.3) is 0 Å². The van der Waals surface area contributed by atoms with Gasteiger partial charge in [-0.2, -0.15) is 4.31 Å². The van der Waals surface area contributed by atoms with Crippen LogP contribution in [0.4, 0.5) is 0 Å². The van der Waals surface area contributed by atoms with Crippen LogP contribution in [0, 0.1) is 23.7 Å². The van der Waals surface area contributed by atoms with Crippen LogP contribution in [-0.4, -0.2) is 84.8 Å². The Balaban J connectivity index is 1.58. The lowest BCUT2D eigenvalue weighted by Gasteiger charge is -2.34. The molecule has 2 aromatic carbocycles. The highest BCUT2D eigenvalue weighted by molar-refractivity contribution is 7.89. The molecule has 2 saturated heterocycles. The Morgan fingerprint density at radius 3 is 1.87 bits per heavy atom. The molecule has 4 unspecified atom stereocenters. The highest BCUT2D eigenvalue weighted by Gasteiger charge is 2.36. The first-order chi connectivity index (χ1) is 22.0. The molecule has 14 nitrogen and oxygen atoms in total. The van der Waals surface area contributed by atoms with E-state index in [2.05, 4.69) is 14.8 Å². The highest BCUT2D eigenvalue weighted by atomic mass is 32.2. The Morgan fingerprint density at radius 1 is 0.787 bits per heavy atom. The highest BCUT2D eigenvalue weighted by Crippen LogP contribution is 2.36. The van der Waals surface area contributed by atoms with Crippen LogP contribution in [0.5, 0.6) is 0 Å². The van der Waals surface area contributed by atoms with Crippen LogP contribution in [0.1, 0.15) is 68.4 Å². The van der Waals surface area contributed by atoms with E-state index in [1.54, 1.807) is 18.2 Å². The van der Waals surface area contributed by atoms with Crippen molar-refractivity contribution in [2.24, 2.45) is 34.0 Å². The predicted octanol–water partition coefficient (Wildman–Crippen LogP) is 3.54. The SMILES string of the molecule is CC1CC(C)CN(S(=O)(=O)Cc2ccc3c(c2)/C(=N\OCOP(=O)(O)O)c2cc(S(=O)(=O)N4CC(C)CC(C)C4)ccc2/C3=N\O)C1. The lowest BCUT2D eigenvalue weighted by Crippen LogP contribution is -2.43. The summed E-state index contributed by atoms with van der Waals surface area (Å²) in [5.74, 6) is 0.427. The smallest absolute Gasteiger partial charge is 0.410 e. The van der Waals surface area contributed by atoms with Gasteiger partial charge in [-0.1, -0.05) is 56.2 Å². The van der Waals surface area contributed by atoms with Crippen molar-refractivity contribution in [3.05, 3.63) is 64.2 Å². The average Bonchev–Trinajstić information content (AvgIpc) is 2.97. The van der Waals surface area contributed by atoms with Crippen molar-refractivity contribution in [2.45, 2.75) is 51.2 Å². The van der Waals surface area contributed by atoms with Crippen LogP contribution < -0.4 is 0 Å². The van der Waals surface area contributed by atoms with Crippen molar-refractivity contribution in [2.75, 3.05) is 33.0 Å². The molecule has 5 rings (SSSR count). The summed E-state index contributed by atoms with van der Waals surface area (Å²) in [5.41, 5.74) is 1.66. The molecule has 0 bridgehead atoms. The van der Waals surface area contributed by atoms with Gasteiger partial charge in [-0.3, -0.25) is 0 Å². The Kier molecular flexibility index (Phi) is 10.4. The molecular weight excluding hydrogens is 671 g/mol. The summed E-state index contributed by atoms with van der Waals surface area (Å²) in [6.45, 7) is 8.64. The summed E-state index contributed by atoms with van der Waals surface area (Å²) < 4.78 is 73.3. The lowest BCUT2D eigenvalue weighted by atomic mass is 9.82. The van der Waals surface area contributed by atoms with Crippen LogP contribution >= 0.6 is 7.82 Å². The van der Waals surface area contributed by atoms with E-state index < -0.39 is 34.7 Å². The van der Waals surface area contributed by atoms with Crippen LogP contribution in [0.3, 0.4) is 0 Å². The van der Waals surface area contributed by atoms with Crippen LogP contribution in [0.25, 0.3) is 0 Å². The van der Waals surface area contributed by atoms with Gasteiger partial charge in [0.1, 0.15) is 11.4 Å². The number of oxime groups is 2. The number of benzene rings is 2. The number of piperidine rings is 2. The number of phosphoric acid groups is 1. The lowest BCUT2D eigenvalue weighted by molar-refractivity contribution is 0.00128. The molecule has 0 spiro atoms. The number of hydrogen-bond donors (Lipinski definition) is 3. The maximum atomic E-state index is 13.8. The van der Waals surface area contributed by atoms with Gasteiger partial charge in [-0.15, -0.1) is 0 Å². The van der Waals surface area contributed by atoms with Gasteiger partial charge in [0, 0.05) is 48.4 Å². The molecule has 17 heteroatoms. The normalized spacial score (nSPS) is 26.3. The maximum Gasteiger partial charge on any atom is 0.472 e. The molecule has 2 heterocycles. The second-order valence-electron chi connectivity index (χ2n) is 13.1. The van der Waals surface area contributed by atoms with Crippen molar-refractivity contribution in [1.29, 1.82) is 0 Å². The second-order valence-corrected chi connectivity index (χ2v) is 18.3. The minimum absolute atomic E-state index is 0.0357. The number of fused-ring (bicyclic) bond motifs is 2. The van der Waals surface area contributed by atoms with Gasteiger partial charge in [0.15, 0.2) is 0 Å². The topological polar surface area (TPSA) is 196 Å². The number of rotatable bonds is 9. The molecule has 0 amide bonds. The Hall–Kier alpha value is -2.69. The van der Waals surface area contributed by atoms with Crippen LogP contribution in [0.15, 0.2) is 51.6 Å². The van der Waals surface area contributed by atoms with Crippen LogP contribution in [-0.2, 0) is 39.7 Å². The van der Waals surface area contributed by atoms with E-state index in [1.165, 1.54) is 26.8 Å². The molecule has 2 aliphatic heterocycles. The molecule has 2 aromatic rings. The van der Waals surface area contributed by atoms with E-state index >= 15 is 0 Å². The van der Waals surface area contributed by atoms with Gasteiger partial charge in [0.05, 0.1) is 10.6 Å². The van der Waals surface area contributed by atoms with E-state index in [1.807, 2.05) is 27.7 Å².